The summed E-state index contributed by atoms with van der Waals surface area (Å²) in [7, 11) is 0. The molecule has 0 aromatic rings. The van der Waals surface area contributed by atoms with Crippen molar-refractivity contribution in [3.05, 3.63) is 0 Å². The van der Waals surface area contributed by atoms with E-state index in [9.17, 15) is 4.79 Å². The lowest BCUT2D eigenvalue weighted by atomic mass is 9.78. The SMILES string of the molecule is CCNC(=O)N1CCC[C@H]2CCCC[C@@H]21. The van der Waals surface area contributed by atoms with Gasteiger partial charge in [0.05, 0.1) is 0 Å². The van der Waals surface area contributed by atoms with Gasteiger partial charge < -0.3 is 10.2 Å². The number of likely N-dealkylation sites (tertiary alicyclic amines) is 1. The minimum absolute atomic E-state index is 0.161. The Bertz CT molecular complexity index is 228. The number of piperidine rings is 1. The Kier molecular flexibility index (Phi) is 3.49. The van der Waals surface area contributed by atoms with Crippen molar-refractivity contribution in [1.29, 1.82) is 0 Å². The highest BCUT2D eigenvalue weighted by atomic mass is 16.2. The second kappa shape index (κ2) is 4.86. The molecule has 1 saturated heterocycles. The quantitative estimate of drug-likeness (QED) is 0.708. The number of hydrogen-bond donors (Lipinski definition) is 1. The molecule has 15 heavy (non-hydrogen) atoms. The molecular formula is C12H22N2O. The first-order valence-corrected chi connectivity index (χ1v) is 6.37. The van der Waals surface area contributed by atoms with Crippen LogP contribution in [0.1, 0.15) is 45.4 Å². The van der Waals surface area contributed by atoms with Crippen LogP contribution in [0.3, 0.4) is 0 Å². The molecule has 0 aromatic carbocycles. The van der Waals surface area contributed by atoms with E-state index in [1.54, 1.807) is 0 Å². The van der Waals surface area contributed by atoms with E-state index in [2.05, 4.69) is 10.2 Å². The molecule has 1 N–H and O–H groups in total. The molecule has 0 radical (unpaired) electrons. The molecule has 0 unspecified atom stereocenters. The topological polar surface area (TPSA) is 32.3 Å². The predicted molar refractivity (Wildman–Crippen MR) is 60.8 cm³/mol. The smallest absolute Gasteiger partial charge is 0.317 e. The Labute approximate surface area is 92.2 Å². The van der Waals surface area contributed by atoms with Gasteiger partial charge in [0.1, 0.15) is 0 Å². The molecule has 0 bridgehead atoms. The fourth-order valence-corrected chi connectivity index (χ4v) is 3.13. The van der Waals surface area contributed by atoms with Crippen molar-refractivity contribution in [2.45, 2.75) is 51.5 Å². The lowest BCUT2D eigenvalue weighted by Crippen LogP contribution is -2.53. The van der Waals surface area contributed by atoms with Crippen LogP contribution in [0, 0.1) is 5.92 Å². The van der Waals surface area contributed by atoms with Crippen molar-refractivity contribution in [3.63, 3.8) is 0 Å². The van der Waals surface area contributed by atoms with Gasteiger partial charge in [0.25, 0.3) is 0 Å². The standard InChI is InChI=1S/C12H22N2O/c1-2-13-12(15)14-9-5-7-10-6-3-4-8-11(10)14/h10-11H,2-9H2,1H3,(H,13,15)/t10-,11+/m1/s1. The van der Waals surface area contributed by atoms with E-state index in [0.717, 1.165) is 19.0 Å². The van der Waals surface area contributed by atoms with Gasteiger partial charge in [-0.1, -0.05) is 12.8 Å². The Hall–Kier alpha value is -0.730. The molecule has 1 saturated carbocycles. The Morgan fingerprint density at radius 2 is 2.00 bits per heavy atom. The molecule has 2 fully saturated rings. The van der Waals surface area contributed by atoms with E-state index in [1.807, 2.05) is 6.92 Å². The molecule has 2 amide bonds. The first kappa shape index (κ1) is 10.8. The fourth-order valence-electron chi connectivity index (χ4n) is 3.13. The van der Waals surface area contributed by atoms with Crippen LogP contribution in [0.4, 0.5) is 4.79 Å². The van der Waals surface area contributed by atoms with Crippen LogP contribution in [0.15, 0.2) is 0 Å². The highest BCUT2D eigenvalue weighted by Crippen LogP contribution is 2.35. The third kappa shape index (κ3) is 2.27. The molecular weight excluding hydrogens is 188 g/mol. The van der Waals surface area contributed by atoms with Gasteiger partial charge in [-0.15, -0.1) is 0 Å². The second-order valence-corrected chi connectivity index (χ2v) is 4.78. The number of carbonyl (C=O) groups is 1. The average Bonchev–Trinajstić information content (AvgIpc) is 2.28. The van der Waals surface area contributed by atoms with E-state index in [-0.39, 0.29) is 6.03 Å². The third-order valence-corrected chi connectivity index (χ3v) is 3.83. The van der Waals surface area contributed by atoms with E-state index >= 15 is 0 Å². The van der Waals surface area contributed by atoms with E-state index < -0.39 is 0 Å². The number of urea groups is 1. The lowest BCUT2D eigenvalue weighted by molar-refractivity contribution is 0.0845. The van der Waals surface area contributed by atoms with Crippen LogP contribution in [-0.4, -0.2) is 30.1 Å². The summed E-state index contributed by atoms with van der Waals surface area (Å²) >= 11 is 0. The molecule has 3 nitrogen and oxygen atoms in total. The van der Waals surface area contributed by atoms with Crippen molar-refractivity contribution >= 4 is 6.03 Å². The highest BCUT2D eigenvalue weighted by Gasteiger charge is 2.35. The molecule has 86 valence electrons. The molecule has 3 heteroatoms. The maximum absolute atomic E-state index is 11.9. The summed E-state index contributed by atoms with van der Waals surface area (Å²) < 4.78 is 0. The Balaban J connectivity index is 2.00. The molecule has 2 rings (SSSR count). The maximum Gasteiger partial charge on any atom is 0.317 e. The first-order valence-electron chi connectivity index (χ1n) is 6.37. The van der Waals surface area contributed by atoms with Crippen molar-refractivity contribution < 1.29 is 4.79 Å². The van der Waals surface area contributed by atoms with Gasteiger partial charge in [0, 0.05) is 19.1 Å². The van der Waals surface area contributed by atoms with E-state index in [1.165, 1.54) is 38.5 Å². The van der Waals surface area contributed by atoms with Crippen LogP contribution >= 0.6 is 0 Å². The van der Waals surface area contributed by atoms with Crippen molar-refractivity contribution in [1.82, 2.24) is 10.2 Å². The fraction of sp³-hybridized carbons (Fsp3) is 0.917. The van der Waals surface area contributed by atoms with Crippen molar-refractivity contribution in [3.8, 4) is 0 Å². The largest absolute Gasteiger partial charge is 0.338 e. The summed E-state index contributed by atoms with van der Waals surface area (Å²) in [6.07, 6.45) is 7.75. The average molecular weight is 210 g/mol. The number of rotatable bonds is 1. The van der Waals surface area contributed by atoms with Crippen LogP contribution in [-0.2, 0) is 0 Å². The molecule has 1 aliphatic heterocycles. The normalized spacial score (nSPS) is 30.9. The number of fused-ring (bicyclic) bond motifs is 1. The summed E-state index contributed by atoms with van der Waals surface area (Å²) in [5.41, 5.74) is 0. The summed E-state index contributed by atoms with van der Waals surface area (Å²) in [5.74, 6) is 0.787. The number of carbonyl (C=O) groups excluding carboxylic acids is 1. The second-order valence-electron chi connectivity index (χ2n) is 4.78. The Morgan fingerprint density at radius 3 is 2.80 bits per heavy atom. The summed E-state index contributed by atoms with van der Waals surface area (Å²) in [6.45, 7) is 3.69. The predicted octanol–water partition coefficient (Wildman–Crippen LogP) is 2.37. The molecule has 1 aliphatic carbocycles. The van der Waals surface area contributed by atoms with Gasteiger partial charge in [0.2, 0.25) is 0 Å². The molecule has 2 atom stereocenters. The zero-order chi connectivity index (χ0) is 10.7. The van der Waals surface area contributed by atoms with Gasteiger partial charge in [-0.2, -0.15) is 0 Å². The number of nitrogens with one attached hydrogen (secondary N) is 1. The minimum atomic E-state index is 0.161. The van der Waals surface area contributed by atoms with Gasteiger partial charge in [-0.25, -0.2) is 4.79 Å². The highest BCUT2D eigenvalue weighted by molar-refractivity contribution is 5.74. The molecule has 0 spiro atoms. The van der Waals surface area contributed by atoms with Gasteiger partial charge in [-0.05, 0) is 38.5 Å². The zero-order valence-electron chi connectivity index (χ0n) is 9.67. The van der Waals surface area contributed by atoms with Crippen molar-refractivity contribution in [2.24, 2.45) is 5.92 Å². The van der Waals surface area contributed by atoms with Gasteiger partial charge in [-0.3, -0.25) is 0 Å². The Morgan fingerprint density at radius 1 is 1.27 bits per heavy atom. The number of nitrogens with zero attached hydrogens (tertiary/aromatic N) is 1. The maximum atomic E-state index is 11.9. The number of hydrogen-bond acceptors (Lipinski definition) is 1. The number of amides is 2. The van der Waals surface area contributed by atoms with Crippen LogP contribution in [0.25, 0.3) is 0 Å². The molecule has 2 aliphatic rings. The zero-order valence-corrected chi connectivity index (χ0v) is 9.67. The van der Waals surface area contributed by atoms with Gasteiger partial charge >= 0.3 is 6.03 Å². The minimum Gasteiger partial charge on any atom is -0.338 e. The van der Waals surface area contributed by atoms with Gasteiger partial charge in [0.15, 0.2) is 0 Å². The van der Waals surface area contributed by atoms with E-state index in [0.29, 0.717) is 6.04 Å². The van der Waals surface area contributed by atoms with Crippen LogP contribution in [0.2, 0.25) is 0 Å². The monoisotopic (exact) mass is 210 g/mol. The lowest BCUT2D eigenvalue weighted by Gasteiger charge is -2.43. The third-order valence-electron chi connectivity index (χ3n) is 3.83. The first-order chi connectivity index (χ1) is 7.33. The van der Waals surface area contributed by atoms with Crippen LogP contribution < -0.4 is 5.32 Å². The molecule has 1 heterocycles. The summed E-state index contributed by atoms with van der Waals surface area (Å²) in [5, 5.41) is 2.94. The summed E-state index contributed by atoms with van der Waals surface area (Å²) in [4.78, 5) is 14.0. The van der Waals surface area contributed by atoms with Crippen molar-refractivity contribution in [2.75, 3.05) is 13.1 Å². The van der Waals surface area contributed by atoms with Crippen LogP contribution in [0.5, 0.6) is 0 Å². The van der Waals surface area contributed by atoms with E-state index in [4.69, 9.17) is 0 Å². The molecule has 0 aromatic heterocycles. The summed E-state index contributed by atoms with van der Waals surface area (Å²) in [6, 6.07) is 0.702.